The molecular formula is C22H35IN4O3. The predicted octanol–water partition coefficient (Wildman–Crippen LogP) is 3.29. The first kappa shape index (κ1) is 24.9. The lowest BCUT2D eigenvalue weighted by atomic mass is 9.67. The second-order valence-electron chi connectivity index (χ2n) is 8.07. The van der Waals surface area contributed by atoms with Crippen LogP contribution in [0, 0.1) is 5.41 Å². The fraction of sp³-hybridized carbons (Fsp3) is 0.636. The van der Waals surface area contributed by atoms with Crippen LogP contribution in [0.1, 0.15) is 44.1 Å². The molecule has 2 fully saturated rings. The smallest absolute Gasteiger partial charge is 0.253 e. The summed E-state index contributed by atoms with van der Waals surface area (Å²) < 4.78 is 10.7. The molecule has 0 aromatic heterocycles. The number of nitrogens with zero attached hydrogens (tertiary/aromatic N) is 1. The van der Waals surface area contributed by atoms with Crippen molar-refractivity contribution in [2.75, 3.05) is 39.2 Å². The Morgan fingerprint density at radius 2 is 2.13 bits per heavy atom. The topological polar surface area (TPSA) is 84.0 Å². The van der Waals surface area contributed by atoms with Crippen molar-refractivity contribution in [1.29, 1.82) is 0 Å². The molecule has 1 heterocycles. The summed E-state index contributed by atoms with van der Waals surface area (Å²) in [4.78, 5) is 16.6. The molecular weight excluding hydrogens is 495 g/mol. The molecule has 0 spiro atoms. The number of halogens is 1. The molecule has 3 N–H and O–H groups in total. The number of guanidine groups is 1. The lowest BCUT2D eigenvalue weighted by Gasteiger charge is -2.42. The average Bonchev–Trinajstić information content (AvgIpc) is 3.24. The van der Waals surface area contributed by atoms with E-state index in [-0.39, 0.29) is 36.0 Å². The molecule has 1 saturated carbocycles. The van der Waals surface area contributed by atoms with Crippen LogP contribution in [0.2, 0.25) is 0 Å². The lowest BCUT2D eigenvalue weighted by Crippen LogP contribution is -2.46. The van der Waals surface area contributed by atoms with E-state index in [1.54, 1.807) is 14.2 Å². The number of aliphatic imine (C=N–C) groups is 1. The van der Waals surface area contributed by atoms with Gasteiger partial charge < -0.3 is 25.4 Å². The Balaban J connectivity index is 0.00000320. The molecule has 7 nitrogen and oxygen atoms in total. The minimum Gasteiger partial charge on any atom is -0.385 e. The van der Waals surface area contributed by atoms with Crippen LogP contribution in [0.3, 0.4) is 0 Å². The maximum atomic E-state index is 12.2. The molecule has 30 heavy (non-hydrogen) atoms. The van der Waals surface area contributed by atoms with E-state index in [2.05, 4.69) is 20.9 Å². The van der Waals surface area contributed by atoms with Crippen molar-refractivity contribution in [3.63, 3.8) is 0 Å². The summed E-state index contributed by atoms with van der Waals surface area (Å²) in [6.07, 6.45) is 6.28. The number of amides is 1. The molecule has 1 unspecified atom stereocenters. The Kier molecular flexibility index (Phi) is 10.3. The second kappa shape index (κ2) is 12.5. The molecule has 1 aliphatic carbocycles. The van der Waals surface area contributed by atoms with Gasteiger partial charge in [0.15, 0.2) is 5.96 Å². The molecule has 0 bridgehead atoms. The van der Waals surface area contributed by atoms with Crippen molar-refractivity contribution in [2.24, 2.45) is 10.4 Å². The van der Waals surface area contributed by atoms with Gasteiger partial charge in [0.2, 0.25) is 0 Å². The number of anilines is 1. The van der Waals surface area contributed by atoms with Crippen LogP contribution in [0.25, 0.3) is 0 Å². The minimum absolute atomic E-state index is 0. The number of rotatable bonds is 9. The fourth-order valence-corrected chi connectivity index (χ4v) is 3.95. The van der Waals surface area contributed by atoms with E-state index in [0.717, 1.165) is 49.6 Å². The van der Waals surface area contributed by atoms with Crippen LogP contribution in [0.15, 0.2) is 29.3 Å². The first-order valence-corrected chi connectivity index (χ1v) is 10.6. The number of benzene rings is 1. The van der Waals surface area contributed by atoms with Crippen LogP contribution >= 0.6 is 24.0 Å². The Morgan fingerprint density at radius 1 is 1.30 bits per heavy atom. The summed E-state index contributed by atoms with van der Waals surface area (Å²) >= 11 is 0. The molecule has 1 aromatic rings. The summed E-state index contributed by atoms with van der Waals surface area (Å²) in [5.74, 6) is 0.731. The molecule has 168 valence electrons. The molecule has 3 rings (SSSR count). The maximum absolute atomic E-state index is 12.2. The van der Waals surface area contributed by atoms with Crippen LogP contribution in [-0.4, -0.2) is 51.9 Å². The predicted molar refractivity (Wildman–Crippen MR) is 130 cm³/mol. The number of carbonyl (C=O) groups is 1. The number of hydrogen-bond donors (Lipinski definition) is 3. The van der Waals surface area contributed by atoms with E-state index in [1.807, 2.05) is 24.3 Å². The summed E-state index contributed by atoms with van der Waals surface area (Å²) in [5, 5.41) is 9.80. The summed E-state index contributed by atoms with van der Waals surface area (Å²) in [6.45, 7) is 3.01. The zero-order valence-corrected chi connectivity index (χ0v) is 20.4. The molecule has 1 saturated heterocycles. The van der Waals surface area contributed by atoms with Gasteiger partial charge in [0.05, 0.1) is 0 Å². The van der Waals surface area contributed by atoms with E-state index < -0.39 is 0 Å². The second-order valence-corrected chi connectivity index (χ2v) is 8.07. The van der Waals surface area contributed by atoms with E-state index in [4.69, 9.17) is 9.47 Å². The number of carbonyl (C=O) groups excluding carboxylic acids is 1. The van der Waals surface area contributed by atoms with Crippen LogP contribution < -0.4 is 16.0 Å². The summed E-state index contributed by atoms with van der Waals surface area (Å²) in [7, 11) is 3.55. The first-order valence-electron chi connectivity index (χ1n) is 10.6. The van der Waals surface area contributed by atoms with Gasteiger partial charge in [-0.3, -0.25) is 9.79 Å². The van der Waals surface area contributed by atoms with Gasteiger partial charge in [0.1, 0.15) is 6.10 Å². The molecule has 1 aromatic carbocycles. The van der Waals surface area contributed by atoms with Gasteiger partial charge in [-0.2, -0.15) is 0 Å². The van der Waals surface area contributed by atoms with E-state index >= 15 is 0 Å². The molecule has 1 atom stereocenters. The Morgan fingerprint density at radius 3 is 2.77 bits per heavy atom. The maximum Gasteiger partial charge on any atom is 0.253 e. The van der Waals surface area contributed by atoms with Gasteiger partial charge in [-0.1, -0.05) is 18.6 Å². The Bertz CT molecular complexity index is 703. The number of ether oxygens (including phenoxy) is 2. The highest BCUT2D eigenvalue weighted by Crippen LogP contribution is 2.43. The standard InChI is InChI=1S/C22H34N4O3.HI/c1-23-21(25-16-22(9-5-10-22)11-13-28-2)24-15-17-6-3-7-18(14-17)26-20(27)19-8-4-12-29-19;/h3,6-7,14,19H,4-5,8-13,15-16H2,1-2H3,(H,26,27)(H2,23,24,25);1H. The number of methoxy groups -OCH3 is 1. The fourth-order valence-electron chi connectivity index (χ4n) is 3.95. The van der Waals surface area contributed by atoms with E-state index in [1.165, 1.54) is 19.3 Å². The molecule has 8 heteroatoms. The highest BCUT2D eigenvalue weighted by atomic mass is 127. The van der Waals surface area contributed by atoms with Crippen molar-refractivity contribution in [3.8, 4) is 0 Å². The van der Waals surface area contributed by atoms with Crippen molar-refractivity contribution < 1.29 is 14.3 Å². The van der Waals surface area contributed by atoms with Crippen molar-refractivity contribution in [3.05, 3.63) is 29.8 Å². The zero-order valence-electron chi connectivity index (χ0n) is 18.0. The molecule has 0 radical (unpaired) electrons. The molecule has 1 amide bonds. The van der Waals surface area contributed by atoms with Crippen molar-refractivity contribution in [2.45, 2.75) is 51.2 Å². The third-order valence-electron chi connectivity index (χ3n) is 5.98. The Labute approximate surface area is 196 Å². The minimum atomic E-state index is -0.322. The van der Waals surface area contributed by atoms with Crippen molar-refractivity contribution in [1.82, 2.24) is 10.6 Å². The molecule has 2 aliphatic rings. The highest BCUT2D eigenvalue weighted by molar-refractivity contribution is 14.0. The van der Waals surface area contributed by atoms with Crippen molar-refractivity contribution >= 4 is 41.5 Å². The van der Waals surface area contributed by atoms with Gasteiger partial charge in [0.25, 0.3) is 5.91 Å². The monoisotopic (exact) mass is 530 g/mol. The van der Waals surface area contributed by atoms with Crippen LogP contribution in [-0.2, 0) is 20.8 Å². The van der Waals surface area contributed by atoms with Gasteiger partial charge in [-0.25, -0.2) is 0 Å². The lowest BCUT2D eigenvalue weighted by molar-refractivity contribution is -0.124. The third kappa shape index (κ3) is 7.09. The summed E-state index contributed by atoms with van der Waals surface area (Å²) in [6, 6.07) is 7.87. The normalized spacial score (nSPS) is 20.1. The Hall–Kier alpha value is -1.39. The van der Waals surface area contributed by atoms with Gasteiger partial charge in [-0.15, -0.1) is 24.0 Å². The largest absolute Gasteiger partial charge is 0.385 e. The average molecular weight is 530 g/mol. The van der Waals surface area contributed by atoms with Gasteiger partial charge in [0, 0.05) is 46.1 Å². The first-order chi connectivity index (χ1) is 14.1. The highest BCUT2D eigenvalue weighted by Gasteiger charge is 2.36. The number of nitrogens with one attached hydrogen (secondary N) is 3. The van der Waals surface area contributed by atoms with Gasteiger partial charge >= 0.3 is 0 Å². The van der Waals surface area contributed by atoms with E-state index in [0.29, 0.717) is 18.6 Å². The molecule has 1 aliphatic heterocycles. The third-order valence-corrected chi connectivity index (χ3v) is 5.98. The quantitative estimate of drug-likeness (QED) is 0.259. The zero-order chi connectivity index (χ0) is 20.5. The number of hydrogen-bond acceptors (Lipinski definition) is 4. The van der Waals surface area contributed by atoms with E-state index in [9.17, 15) is 4.79 Å². The summed E-state index contributed by atoms with van der Waals surface area (Å²) in [5.41, 5.74) is 2.21. The van der Waals surface area contributed by atoms with Crippen LogP contribution in [0.4, 0.5) is 5.69 Å². The van der Waals surface area contributed by atoms with Gasteiger partial charge in [-0.05, 0) is 55.2 Å². The van der Waals surface area contributed by atoms with Crippen LogP contribution in [0.5, 0.6) is 0 Å². The SMILES string of the molecule is CN=C(NCc1cccc(NC(=O)C2CCCO2)c1)NCC1(CCOC)CCC1.I.